The highest BCUT2D eigenvalue weighted by molar-refractivity contribution is 5.94. The van der Waals surface area contributed by atoms with E-state index in [1.54, 1.807) is 43.1 Å². The van der Waals surface area contributed by atoms with Crippen LogP contribution in [0.5, 0.6) is 5.75 Å². The summed E-state index contributed by atoms with van der Waals surface area (Å²) in [7, 11) is 1.71. The van der Waals surface area contributed by atoms with Crippen LogP contribution in [0.2, 0.25) is 0 Å². The molecule has 0 unspecified atom stereocenters. The maximum absolute atomic E-state index is 14.3. The van der Waals surface area contributed by atoms with E-state index in [9.17, 15) is 27.2 Å². The first-order chi connectivity index (χ1) is 15.1. The Morgan fingerprint density at radius 1 is 1.12 bits per heavy atom. The Kier molecular flexibility index (Phi) is 7.06. The number of nitrogens with one attached hydrogen (secondary N) is 1. The molecule has 1 N–H and O–H groups in total. The van der Waals surface area contributed by atoms with Gasteiger partial charge >= 0.3 is 6.36 Å². The normalized spacial score (nSPS) is 18.3. The van der Waals surface area contributed by atoms with Crippen molar-refractivity contribution in [3.63, 3.8) is 0 Å². The molecule has 1 fully saturated rings. The molecule has 1 aliphatic rings. The first-order valence-corrected chi connectivity index (χ1v) is 10.3. The maximum atomic E-state index is 14.3. The van der Waals surface area contributed by atoms with Crippen molar-refractivity contribution in [1.82, 2.24) is 10.2 Å². The number of ether oxygens (including phenoxy) is 1. The highest BCUT2D eigenvalue weighted by atomic mass is 19.4. The highest BCUT2D eigenvalue weighted by Gasteiger charge is 2.32. The molecule has 0 saturated heterocycles. The van der Waals surface area contributed by atoms with Gasteiger partial charge in [-0.15, -0.1) is 13.2 Å². The third-order valence-electron chi connectivity index (χ3n) is 5.58. The summed E-state index contributed by atoms with van der Waals surface area (Å²) in [6.45, 7) is 1.79. The number of hydrogen-bond acceptors (Lipinski definition) is 3. The summed E-state index contributed by atoms with van der Waals surface area (Å²) in [5, 5.41) is 2.96. The van der Waals surface area contributed by atoms with Crippen LogP contribution in [0.25, 0.3) is 11.1 Å². The van der Waals surface area contributed by atoms with Crippen LogP contribution in [0.3, 0.4) is 0 Å². The van der Waals surface area contributed by atoms with Gasteiger partial charge in [0.2, 0.25) is 5.91 Å². The highest BCUT2D eigenvalue weighted by Crippen LogP contribution is 2.30. The third kappa shape index (κ3) is 5.77. The minimum absolute atomic E-state index is 0.00274. The largest absolute Gasteiger partial charge is 0.573 e. The maximum Gasteiger partial charge on any atom is 0.573 e. The van der Waals surface area contributed by atoms with Crippen LogP contribution >= 0.6 is 0 Å². The van der Waals surface area contributed by atoms with Crippen molar-refractivity contribution in [1.29, 1.82) is 0 Å². The van der Waals surface area contributed by atoms with Crippen molar-refractivity contribution >= 4 is 11.8 Å². The number of nitrogens with zero attached hydrogens (tertiary/aromatic N) is 1. The Hall–Kier alpha value is -3.10. The van der Waals surface area contributed by atoms with Gasteiger partial charge in [-0.25, -0.2) is 4.39 Å². The van der Waals surface area contributed by atoms with Gasteiger partial charge in [-0.3, -0.25) is 9.59 Å². The van der Waals surface area contributed by atoms with Crippen LogP contribution in [0.1, 0.15) is 43.0 Å². The van der Waals surface area contributed by atoms with E-state index in [-0.39, 0.29) is 29.5 Å². The van der Waals surface area contributed by atoms with E-state index in [0.717, 1.165) is 18.9 Å². The average molecular weight is 452 g/mol. The van der Waals surface area contributed by atoms with Gasteiger partial charge in [0.1, 0.15) is 11.6 Å². The SMILES string of the molecule is CCC(=O)N[C@H]1CC[C@@H](N(C)C(=O)c2ccc(-c3ccc(OC(F)(F)F)cc3F)cc2)C1. The van der Waals surface area contributed by atoms with E-state index in [0.29, 0.717) is 30.0 Å². The zero-order valence-electron chi connectivity index (χ0n) is 17.7. The van der Waals surface area contributed by atoms with Gasteiger partial charge in [-0.05, 0) is 49.1 Å². The lowest BCUT2D eigenvalue weighted by Gasteiger charge is -2.25. The summed E-state index contributed by atoms with van der Waals surface area (Å²) in [6, 6.07) is 9.16. The second kappa shape index (κ2) is 9.58. The Morgan fingerprint density at radius 3 is 2.41 bits per heavy atom. The topological polar surface area (TPSA) is 58.6 Å². The number of alkyl halides is 3. The fraction of sp³-hybridized carbons (Fsp3) is 0.391. The van der Waals surface area contributed by atoms with Crippen molar-refractivity contribution in [3.8, 4) is 16.9 Å². The molecule has 2 atom stereocenters. The number of carbonyl (C=O) groups is 2. The quantitative estimate of drug-likeness (QED) is 0.634. The molecule has 32 heavy (non-hydrogen) atoms. The van der Waals surface area contributed by atoms with Crippen LogP contribution in [0, 0.1) is 5.82 Å². The number of rotatable bonds is 6. The molecule has 3 rings (SSSR count). The molecular formula is C23H24F4N2O3. The predicted octanol–water partition coefficient (Wildman–Crippen LogP) is 4.91. The number of benzene rings is 2. The van der Waals surface area contributed by atoms with Crippen molar-refractivity contribution in [2.45, 2.75) is 51.1 Å². The number of carbonyl (C=O) groups excluding carboxylic acids is 2. The molecule has 0 bridgehead atoms. The van der Waals surface area contributed by atoms with Crippen molar-refractivity contribution in [3.05, 3.63) is 53.8 Å². The minimum Gasteiger partial charge on any atom is -0.406 e. The number of hydrogen-bond donors (Lipinski definition) is 1. The fourth-order valence-electron chi connectivity index (χ4n) is 3.86. The molecule has 9 heteroatoms. The van der Waals surface area contributed by atoms with Gasteiger partial charge in [-0.1, -0.05) is 19.1 Å². The molecule has 2 aromatic carbocycles. The Morgan fingerprint density at radius 2 is 1.81 bits per heavy atom. The van der Waals surface area contributed by atoms with Gasteiger partial charge in [0.05, 0.1) is 0 Å². The van der Waals surface area contributed by atoms with E-state index in [2.05, 4.69) is 10.1 Å². The summed E-state index contributed by atoms with van der Waals surface area (Å²) in [5.74, 6) is -1.71. The Bertz CT molecular complexity index is 976. The summed E-state index contributed by atoms with van der Waals surface area (Å²) < 4.78 is 54.9. The monoisotopic (exact) mass is 452 g/mol. The van der Waals surface area contributed by atoms with Crippen LogP contribution in [0.15, 0.2) is 42.5 Å². The van der Waals surface area contributed by atoms with Gasteiger partial charge in [0.15, 0.2) is 0 Å². The summed E-state index contributed by atoms with van der Waals surface area (Å²) in [4.78, 5) is 26.1. The molecule has 0 spiro atoms. The summed E-state index contributed by atoms with van der Waals surface area (Å²) >= 11 is 0. The van der Waals surface area contributed by atoms with Gasteiger partial charge < -0.3 is 15.0 Å². The number of halogens is 4. The smallest absolute Gasteiger partial charge is 0.406 e. The van der Waals surface area contributed by atoms with Crippen LogP contribution < -0.4 is 10.1 Å². The van der Waals surface area contributed by atoms with Crippen molar-refractivity contribution < 1.29 is 31.9 Å². The minimum atomic E-state index is -4.90. The lowest BCUT2D eigenvalue weighted by atomic mass is 10.0. The molecule has 1 aliphatic carbocycles. The summed E-state index contributed by atoms with van der Waals surface area (Å²) in [5.41, 5.74) is 0.926. The number of amides is 2. The molecule has 2 amide bonds. The standard InChI is InChI=1S/C23H24F4N2O3/c1-3-21(30)28-16-8-9-17(12-16)29(2)22(31)15-6-4-14(5-7-15)19-11-10-18(13-20(19)24)32-23(25,26)27/h4-7,10-11,13,16-17H,3,8-9,12H2,1-2H3,(H,28,30)/t16-,17+/m0/s1. The Balaban J connectivity index is 1.66. The van der Waals surface area contributed by atoms with Gasteiger partial charge in [0.25, 0.3) is 5.91 Å². The Labute approximate surface area is 183 Å². The average Bonchev–Trinajstić information content (AvgIpc) is 3.20. The molecular weight excluding hydrogens is 428 g/mol. The van der Waals surface area contributed by atoms with E-state index < -0.39 is 17.9 Å². The van der Waals surface area contributed by atoms with Crippen molar-refractivity contribution in [2.24, 2.45) is 0 Å². The van der Waals surface area contributed by atoms with Crippen molar-refractivity contribution in [2.75, 3.05) is 7.05 Å². The second-order valence-corrected chi connectivity index (χ2v) is 7.77. The lowest BCUT2D eigenvalue weighted by molar-refractivity contribution is -0.274. The zero-order chi connectivity index (χ0) is 23.5. The van der Waals surface area contributed by atoms with Gasteiger partial charge in [-0.2, -0.15) is 0 Å². The van der Waals surface area contributed by atoms with E-state index in [4.69, 9.17) is 0 Å². The molecule has 0 aromatic heterocycles. The van der Waals surface area contributed by atoms with Crippen LogP contribution in [-0.4, -0.2) is 42.2 Å². The first kappa shape index (κ1) is 23.6. The third-order valence-corrected chi connectivity index (χ3v) is 5.58. The second-order valence-electron chi connectivity index (χ2n) is 7.77. The summed E-state index contributed by atoms with van der Waals surface area (Å²) in [6.07, 6.45) is -2.21. The van der Waals surface area contributed by atoms with E-state index in [1.807, 2.05) is 0 Å². The molecule has 1 saturated carbocycles. The molecule has 5 nitrogen and oxygen atoms in total. The molecule has 0 aliphatic heterocycles. The zero-order valence-corrected chi connectivity index (χ0v) is 17.7. The van der Waals surface area contributed by atoms with Crippen LogP contribution in [0.4, 0.5) is 17.6 Å². The molecule has 172 valence electrons. The molecule has 0 heterocycles. The molecule has 0 radical (unpaired) electrons. The van der Waals surface area contributed by atoms with E-state index in [1.165, 1.54) is 6.07 Å². The van der Waals surface area contributed by atoms with Gasteiger partial charge in [0, 0.05) is 42.7 Å². The molecule has 2 aromatic rings. The van der Waals surface area contributed by atoms with E-state index >= 15 is 0 Å². The lowest BCUT2D eigenvalue weighted by Crippen LogP contribution is -2.38. The first-order valence-electron chi connectivity index (χ1n) is 10.3. The van der Waals surface area contributed by atoms with Crippen LogP contribution in [-0.2, 0) is 4.79 Å². The fourth-order valence-corrected chi connectivity index (χ4v) is 3.86. The predicted molar refractivity (Wildman–Crippen MR) is 110 cm³/mol.